The number of hydrogen-bond donors (Lipinski definition) is 1. The molecule has 4 rings (SSSR count). The fourth-order valence-corrected chi connectivity index (χ4v) is 4.78. The van der Waals surface area contributed by atoms with E-state index < -0.39 is 0 Å². The molecule has 0 spiro atoms. The summed E-state index contributed by atoms with van der Waals surface area (Å²) in [5.74, 6) is 0.482. The van der Waals surface area contributed by atoms with Crippen molar-refractivity contribution in [1.29, 1.82) is 0 Å². The Morgan fingerprint density at radius 3 is 2.36 bits per heavy atom. The zero-order valence-electron chi connectivity index (χ0n) is 16.2. The van der Waals surface area contributed by atoms with Gasteiger partial charge in [0.25, 0.3) is 0 Å². The highest BCUT2D eigenvalue weighted by molar-refractivity contribution is 6.42. The van der Waals surface area contributed by atoms with Gasteiger partial charge in [-0.15, -0.1) is 0 Å². The molecule has 2 amide bonds. The van der Waals surface area contributed by atoms with E-state index >= 15 is 0 Å². The third-order valence-electron chi connectivity index (χ3n) is 6.70. The second kappa shape index (κ2) is 7.51. The predicted octanol–water partition coefficient (Wildman–Crippen LogP) is 3.29. The average molecular weight is 424 g/mol. The zero-order valence-corrected chi connectivity index (χ0v) is 17.7. The first kappa shape index (κ1) is 20.0. The predicted molar refractivity (Wildman–Crippen MR) is 110 cm³/mol. The number of rotatable bonds is 3. The third kappa shape index (κ3) is 3.77. The van der Waals surface area contributed by atoms with Gasteiger partial charge in [-0.05, 0) is 43.4 Å². The van der Waals surface area contributed by atoms with Gasteiger partial charge in [0.05, 0.1) is 10.0 Å². The van der Waals surface area contributed by atoms with E-state index in [1.54, 1.807) is 6.07 Å². The van der Waals surface area contributed by atoms with Crippen LogP contribution in [-0.4, -0.2) is 53.8 Å². The van der Waals surface area contributed by atoms with Gasteiger partial charge in [-0.2, -0.15) is 0 Å². The minimum Gasteiger partial charge on any atom is -0.342 e. The zero-order chi connectivity index (χ0) is 20.1. The first-order valence-electron chi connectivity index (χ1n) is 10.1. The van der Waals surface area contributed by atoms with Crippen LogP contribution in [0.25, 0.3) is 0 Å². The van der Waals surface area contributed by atoms with Gasteiger partial charge < -0.3 is 15.5 Å². The van der Waals surface area contributed by atoms with Crippen molar-refractivity contribution in [2.75, 3.05) is 26.2 Å². The number of likely N-dealkylation sites (tertiary alicyclic amines) is 2. The molecule has 0 aromatic heterocycles. The number of carbonyl (C=O) groups is 2. The van der Waals surface area contributed by atoms with Crippen LogP contribution < -0.4 is 5.73 Å². The Morgan fingerprint density at radius 1 is 1.07 bits per heavy atom. The van der Waals surface area contributed by atoms with Crippen LogP contribution in [-0.2, 0) is 9.59 Å². The number of halogens is 2. The molecule has 152 valence electrons. The van der Waals surface area contributed by atoms with Gasteiger partial charge in [-0.1, -0.05) is 36.2 Å². The van der Waals surface area contributed by atoms with Crippen LogP contribution in [0.4, 0.5) is 0 Å². The maximum Gasteiger partial charge on any atom is 0.228 e. The topological polar surface area (TPSA) is 66.6 Å². The Morgan fingerprint density at radius 2 is 1.75 bits per heavy atom. The molecule has 2 aliphatic heterocycles. The fraction of sp³-hybridized carbons (Fsp3) is 0.619. The summed E-state index contributed by atoms with van der Waals surface area (Å²) in [6, 6.07) is 5.46. The Kier molecular flexibility index (Phi) is 5.36. The number of benzene rings is 1. The van der Waals surface area contributed by atoms with E-state index in [9.17, 15) is 9.59 Å². The molecule has 2 N–H and O–H groups in total. The molecule has 1 aromatic rings. The fourth-order valence-electron chi connectivity index (χ4n) is 4.48. The number of hydrogen-bond acceptors (Lipinski definition) is 3. The van der Waals surface area contributed by atoms with E-state index in [0.717, 1.165) is 31.2 Å². The SMILES string of the molecule is CC1(C(=O)N2CCC(C(=O)N3C[C@H](c4ccc(Cl)c(Cl)c4)[C@@H](N)C3)CC2)CC1. The molecular weight excluding hydrogens is 397 g/mol. The minimum absolute atomic E-state index is 0.0178. The first-order chi connectivity index (χ1) is 13.3. The van der Waals surface area contributed by atoms with Gasteiger partial charge in [0, 0.05) is 49.5 Å². The molecule has 3 fully saturated rings. The van der Waals surface area contributed by atoms with Crippen molar-refractivity contribution < 1.29 is 9.59 Å². The second-order valence-corrected chi connectivity index (χ2v) is 9.63. The first-order valence-corrected chi connectivity index (χ1v) is 10.8. The van der Waals surface area contributed by atoms with Crippen molar-refractivity contribution in [2.45, 2.75) is 44.6 Å². The Balaban J connectivity index is 1.35. The maximum atomic E-state index is 13.0. The van der Waals surface area contributed by atoms with E-state index in [4.69, 9.17) is 28.9 Å². The number of amides is 2. The summed E-state index contributed by atoms with van der Waals surface area (Å²) in [6.07, 6.45) is 3.46. The van der Waals surface area contributed by atoms with E-state index in [0.29, 0.717) is 36.2 Å². The van der Waals surface area contributed by atoms with E-state index in [-0.39, 0.29) is 35.1 Å². The molecule has 2 saturated heterocycles. The Bertz CT molecular complexity index is 788. The number of nitrogens with zero attached hydrogens (tertiary/aromatic N) is 2. The van der Waals surface area contributed by atoms with Crippen LogP contribution in [0.1, 0.15) is 44.1 Å². The lowest BCUT2D eigenvalue weighted by Crippen LogP contribution is -2.46. The molecule has 0 radical (unpaired) electrons. The summed E-state index contributed by atoms with van der Waals surface area (Å²) < 4.78 is 0. The normalized spacial score (nSPS) is 27.1. The molecule has 3 aliphatic rings. The highest BCUT2D eigenvalue weighted by Gasteiger charge is 2.48. The lowest BCUT2D eigenvalue weighted by molar-refractivity contribution is -0.142. The standard InChI is InChI=1S/C21H27Cl2N3O2/c1-21(6-7-21)20(28)25-8-4-13(5-9-25)19(27)26-11-15(18(24)12-26)14-2-3-16(22)17(23)10-14/h2-3,10,13,15,18H,4-9,11-12,24H2,1H3/t15-,18+/m1/s1. The van der Waals surface area contributed by atoms with Crippen molar-refractivity contribution in [3.63, 3.8) is 0 Å². The molecule has 2 heterocycles. The summed E-state index contributed by atoms with van der Waals surface area (Å²) in [6.45, 7) is 4.57. The van der Waals surface area contributed by atoms with Crippen molar-refractivity contribution >= 4 is 35.0 Å². The van der Waals surface area contributed by atoms with Gasteiger partial charge in [0.1, 0.15) is 0 Å². The summed E-state index contributed by atoms with van der Waals surface area (Å²) in [4.78, 5) is 29.4. The number of piperidine rings is 1. The van der Waals surface area contributed by atoms with Gasteiger partial charge >= 0.3 is 0 Å². The van der Waals surface area contributed by atoms with Crippen LogP contribution in [0.2, 0.25) is 10.0 Å². The molecule has 0 unspecified atom stereocenters. The highest BCUT2D eigenvalue weighted by atomic mass is 35.5. The van der Waals surface area contributed by atoms with Crippen molar-refractivity contribution in [3.8, 4) is 0 Å². The summed E-state index contributed by atoms with van der Waals surface area (Å²) in [7, 11) is 0. The third-order valence-corrected chi connectivity index (χ3v) is 7.44. The van der Waals surface area contributed by atoms with Crippen molar-refractivity contribution in [3.05, 3.63) is 33.8 Å². The van der Waals surface area contributed by atoms with E-state index in [1.165, 1.54) is 0 Å². The number of nitrogens with two attached hydrogens (primary N) is 1. The smallest absolute Gasteiger partial charge is 0.228 e. The van der Waals surface area contributed by atoms with Gasteiger partial charge in [0.2, 0.25) is 11.8 Å². The molecule has 7 heteroatoms. The number of carbonyl (C=O) groups excluding carboxylic acids is 2. The minimum atomic E-state index is -0.133. The van der Waals surface area contributed by atoms with Crippen LogP contribution in [0.15, 0.2) is 18.2 Å². The molecular formula is C21H27Cl2N3O2. The van der Waals surface area contributed by atoms with Crippen LogP contribution in [0.3, 0.4) is 0 Å². The lowest BCUT2D eigenvalue weighted by Gasteiger charge is -2.34. The van der Waals surface area contributed by atoms with Gasteiger partial charge in [0.15, 0.2) is 0 Å². The summed E-state index contributed by atoms with van der Waals surface area (Å²) in [5.41, 5.74) is 7.24. The maximum absolute atomic E-state index is 13.0. The molecule has 5 nitrogen and oxygen atoms in total. The molecule has 1 aliphatic carbocycles. The Labute approximate surface area is 176 Å². The van der Waals surface area contributed by atoms with Crippen molar-refractivity contribution in [2.24, 2.45) is 17.1 Å². The Hall–Kier alpha value is -1.30. The quantitative estimate of drug-likeness (QED) is 0.810. The monoisotopic (exact) mass is 423 g/mol. The highest BCUT2D eigenvalue weighted by Crippen LogP contribution is 2.47. The van der Waals surface area contributed by atoms with Crippen LogP contribution in [0, 0.1) is 11.3 Å². The molecule has 1 aromatic carbocycles. The molecule has 0 bridgehead atoms. The van der Waals surface area contributed by atoms with Gasteiger partial charge in [-0.3, -0.25) is 9.59 Å². The van der Waals surface area contributed by atoms with Gasteiger partial charge in [-0.25, -0.2) is 0 Å². The average Bonchev–Trinajstić information content (AvgIpc) is 3.33. The largest absolute Gasteiger partial charge is 0.342 e. The molecule has 2 atom stereocenters. The second-order valence-electron chi connectivity index (χ2n) is 8.81. The van der Waals surface area contributed by atoms with Crippen LogP contribution >= 0.6 is 23.2 Å². The van der Waals surface area contributed by atoms with Crippen LogP contribution in [0.5, 0.6) is 0 Å². The van der Waals surface area contributed by atoms with E-state index in [1.807, 2.05) is 28.9 Å². The summed E-state index contributed by atoms with van der Waals surface area (Å²) >= 11 is 12.2. The molecule has 28 heavy (non-hydrogen) atoms. The van der Waals surface area contributed by atoms with E-state index in [2.05, 4.69) is 0 Å². The lowest BCUT2D eigenvalue weighted by atomic mass is 9.93. The summed E-state index contributed by atoms with van der Waals surface area (Å²) in [5, 5.41) is 1.03. The van der Waals surface area contributed by atoms with Crippen molar-refractivity contribution in [1.82, 2.24) is 9.80 Å². The molecule has 1 saturated carbocycles.